The van der Waals surface area contributed by atoms with Crippen molar-refractivity contribution in [2.24, 2.45) is 50.7 Å². The lowest BCUT2D eigenvalue weighted by Gasteiger charge is -2.72. The Morgan fingerprint density at radius 2 is 1.61 bits per heavy atom. The van der Waals surface area contributed by atoms with Crippen molar-refractivity contribution >= 4 is 36.0 Å². The zero-order valence-electron chi connectivity index (χ0n) is 31.6. The number of nitrogens with zero attached hydrogens (tertiary/aromatic N) is 1. The summed E-state index contributed by atoms with van der Waals surface area (Å²) in [5.41, 5.74) is 0.483. The zero-order chi connectivity index (χ0) is 35.2. The van der Waals surface area contributed by atoms with E-state index < -0.39 is 22.9 Å². The van der Waals surface area contributed by atoms with E-state index in [1.807, 2.05) is 0 Å². The fourth-order valence-electron chi connectivity index (χ4n) is 12.6. The smallest absolute Gasteiger partial charge is 0.309 e. The van der Waals surface area contributed by atoms with Gasteiger partial charge in [0.15, 0.2) is 5.78 Å². The Hall–Kier alpha value is -1.93. The van der Waals surface area contributed by atoms with Gasteiger partial charge in [-0.1, -0.05) is 48.5 Å². The van der Waals surface area contributed by atoms with Crippen molar-refractivity contribution in [3.8, 4) is 0 Å². The average Bonchev–Trinajstić information content (AvgIpc) is 3.24. The molecule has 5 aliphatic carbocycles. The lowest BCUT2D eigenvalue weighted by atomic mass is 9.33. The largest absolute Gasteiger partial charge is 0.481 e. The van der Waals surface area contributed by atoms with E-state index in [-0.39, 0.29) is 70.1 Å². The standard InChI is InChI=1S/C40H62N2O6.ClH/c1-24(2)32-26(43)21-40(41-30(44)23-42-19-10-20-42)18-17-38(8)25(33(32)40)11-12-28-37(7)15-14-29(48-31(45)22-35(3,4)34(46)47)36(5,6)27(37)13-16-39(28,38)9;/h24-25,27-29H,10-23H2,1-9H3,(H,41,44)(H,46,47);1H/t25?,27?,28?,29-,37-,38+,39+,40+;/m0./s1. The zero-order valence-corrected chi connectivity index (χ0v) is 32.4. The third kappa shape index (κ3) is 5.81. The van der Waals surface area contributed by atoms with Crippen LogP contribution in [0.1, 0.15) is 133 Å². The van der Waals surface area contributed by atoms with Crippen molar-refractivity contribution in [2.45, 2.75) is 145 Å². The summed E-state index contributed by atoms with van der Waals surface area (Å²) in [4.78, 5) is 54.3. The highest BCUT2D eigenvalue weighted by Gasteiger charge is 2.70. The first-order chi connectivity index (χ1) is 22.2. The highest BCUT2D eigenvalue weighted by Crippen LogP contribution is 2.76. The van der Waals surface area contributed by atoms with E-state index in [1.165, 1.54) is 5.57 Å². The number of amides is 1. The Morgan fingerprint density at radius 1 is 0.939 bits per heavy atom. The van der Waals surface area contributed by atoms with Crippen molar-refractivity contribution < 1.29 is 29.0 Å². The van der Waals surface area contributed by atoms with Crippen LogP contribution >= 0.6 is 12.4 Å². The topological polar surface area (TPSA) is 113 Å². The van der Waals surface area contributed by atoms with Gasteiger partial charge < -0.3 is 15.2 Å². The number of Topliss-reactive ketones (excluding diaryl/α,β-unsaturated/α-hetero) is 1. The van der Waals surface area contributed by atoms with Crippen LogP contribution in [0.5, 0.6) is 0 Å². The normalized spacial score (nSPS) is 39.8. The SMILES string of the molecule is CC(C)C1=C2C3CCC4[C@@]5(C)CC[C@H](OC(=O)CC(C)(C)C(=O)O)C(C)(C)C5CC[C@@]4(C)[C@]3(C)CC[C@@]2(NC(=O)CN2CCC2)CC1=O.Cl. The average molecular weight is 703 g/mol. The van der Waals surface area contributed by atoms with E-state index in [0.717, 1.165) is 76.5 Å². The second-order valence-corrected chi connectivity index (χ2v) is 19.2. The van der Waals surface area contributed by atoms with Crippen LogP contribution in [0.15, 0.2) is 11.1 Å². The predicted molar refractivity (Wildman–Crippen MR) is 192 cm³/mol. The van der Waals surface area contributed by atoms with Gasteiger partial charge in [0, 0.05) is 11.8 Å². The van der Waals surface area contributed by atoms with Crippen molar-refractivity contribution in [1.29, 1.82) is 0 Å². The molecule has 0 aromatic rings. The predicted octanol–water partition coefficient (Wildman–Crippen LogP) is 7.38. The first-order valence-electron chi connectivity index (χ1n) is 19.0. The highest BCUT2D eigenvalue weighted by atomic mass is 35.5. The fourth-order valence-corrected chi connectivity index (χ4v) is 12.6. The van der Waals surface area contributed by atoms with Crippen LogP contribution in [0, 0.1) is 50.7 Å². The van der Waals surface area contributed by atoms with Gasteiger partial charge in [-0.25, -0.2) is 0 Å². The van der Waals surface area contributed by atoms with Crippen LogP contribution in [0.4, 0.5) is 0 Å². The molecule has 4 saturated carbocycles. The number of carboxylic acids is 1. The number of ether oxygens (including phenoxy) is 1. The molecule has 0 radical (unpaired) electrons. The van der Waals surface area contributed by atoms with Crippen LogP contribution in [-0.4, -0.2) is 64.9 Å². The molecule has 0 aromatic heterocycles. The summed E-state index contributed by atoms with van der Waals surface area (Å²) >= 11 is 0. The maximum atomic E-state index is 13.8. The first-order valence-corrected chi connectivity index (χ1v) is 19.0. The number of nitrogens with one attached hydrogen (secondary N) is 1. The molecule has 8 nitrogen and oxygen atoms in total. The molecule has 1 saturated heterocycles. The number of carbonyl (C=O) groups excluding carboxylic acids is 3. The lowest BCUT2D eigenvalue weighted by Crippen LogP contribution is -2.67. The van der Waals surface area contributed by atoms with E-state index in [4.69, 9.17) is 4.74 Å². The molecule has 0 bridgehead atoms. The number of halogens is 1. The number of allylic oxidation sites excluding steroid dienone is 1. The molecule has 1 aliphatic heterocycles. The fraction of sp³-hybridized carbons (Fsp3) is 0.850. The number of fused-ring (bicyclic) bond motifs is 7. The first kappa shape index (κ1) is 38.3. The van der Waals surface area contributed by atoms with Crippen molar-refractivity contribution in [3.63, 3.8) is 0 Å². The number of likely N-dealkylation sites (tertiary alicyclic amines) is 1. The summed E-state index contributed by atoms with van der Waals surface area (Å²) in [6.07, 6.45) is 9.06. The van der Waals surface area contributed by atoms with E-state index >= 15 is 0 Å². The molecule has 5 fully saturated rings. The second kappa shape index (κ2) is 12.6. The number of rotatable bonds is 8. The maximum Gasteiger partial charge on any atom is 0.309 e. The third-order valence-electron chi connectivity index (χ3n) is 15.5. The van der Waals surface area contributed by atoms with Gasteiger partial charge in [0.1, 0.15) is 6.10 Å². The third-order valence-corrected chi connectivity index (χ3v) is 15.5. The number of aliphatic carboxylic acids is 1. The van der Waals surface area contributed by atoms with Crippen molar-refractivity contribution in [2.75, 3.05) is 19.6 Å². The van der Waals surface area contributed by atoms with Crippen LogP contribution in [-0.2, 0) is 23.9 Å². The van der Waals surface area contributed by atoms with Gasteiger partial charge in [0.2, 0.25) is 5.91 Å². The Labute approximate surface area is 300 Å². The quantitative estimate of drug-likeness (QED) is 0.254. The number of hydrogen-bond acceptors (Lipinski definition) is 6. The molecular weight excluding hydrogens is 640 g/mol. The van der Waals surface area contributed by atoms with Gasteiger partial charge in [-0.3, -0.25) is 24.1 Å². The molecule has 6 rings (SSSR count). The van der Waals surface area contributed by atoms with E-state index in [1.54, 1.807) is 13.8 Å². The Bertz CT molecular complexity index is 1420. The van der Waals surface area contributed by atoms with Gasteiger partial charge >= 0.3 is 11.9 Å². The molecule has 3 unspecified atom stereocenters. The van der Waals surface area contributed by atoms with Gasteiger partial charge in [-0.05, 0) is 136 Å². The van der Waals surface area contributed by atoms with Crippen molar-refractivity contribution in [1.82, 2.24) is 10.2 Å². The maximum absolute atomic E-state index is 13.8. The van der Waals surface area contributed by atoms with Gasteiger partial charge in [-0.15, -0.1) is 12.4 Å². The number of carboxylic acid groups (broad SMARTS) is 1. The molecule has 1 amide bonds. The monoisotopic (exact) mass is 702 g/mol. The van der Waals surface area contributed by atoms with Crippen LogP contribution in [0.2, 0.25) is 0 Å². The van der Waals surface area contributed by atoms with Crippen LogP contribution < -0.4 is 5.32 Å². The summed E-state index contributed by atoms with van der Waals surface area (Å²) in [5.74, 6) is 0.167. The second-order valence-electron chi connectivity index (χ2n) is 19.2. The van der Waals surface area contributed by atoms with Gasteiger partial charge in [0.25, 0.3) is 0 Å². The minimum absolute atomic E-state index is 0. The molecule has 2 N–H and O–H groups in total. The molecule has 6 aliphatic rings. The summed E-state index contributed by atoms with van der Waals surface area (Å²) in [5, 5.41) is 13.1. The molecule has 8 atom stereocenters. The molecule has 1 heterocycles. The summed E-state index contributed by atoms with van der Waals surface area (Å²) in [6, 6.07) is 0. The molecule has 276 valence electrons. The summed E-state index contributed by atoms with van der Waals surface area (Å²) in [7, 11) is 0. The summed E-state index contributed by atoms with van der Waals surface area (Å²) < 4.78 is 6.14. The molecular formula is C40H63ClN2O6. The molecule has 0 spiro atoms. The van der Waals surface area contributed by atoms with E-state index in [0.29, 0.717) is 24.8 Å². The van der Waals surface area contributed by atoms with E-state index in [9.17, 15) is 24.3 Å². The molecule has 0 aromatic carbocycles. The highest BCUT2D eigenvalue weighted by molar-refractivity contribution is 6.02. The minimum atomic E-state index is -1.16. The summed E-state index contributed by atoms with van der Waals surface area (Å²) in [6.45, 7) is 22.0. The van der Waals surface area contributed by atoms with Crippen molar-refractivity contribution in [3.05, 3.63) is 11.1 Å². The number of hydrogen-bond donors (Lipinski definition) is 2. The van der Waals surface area contributed by atoms with Gasteiger partial charge in [0.05, 0.1) is 23.9 Å². The number of ketones is 1. The van der Waals surface area contributed by atoms with Crippen LogP contribution in [0.25, 0.3) is 0 Å². The Morgan fingerprint density at radius 3 is 2.20 bits per heavy atom. The Balaban J connectivity index is 0.00000468. The van der Waals surface area contributed by atoms with Crippen LogP contribution in [0.3, 0.4) is 0 Å². The Kier molecular flexibility index (Phi) is 9.88. The molecule has 9 heteroatoms. The number of esters is 1. The molecule has 49 heavy (non-hydrogen) atoms. The minimum Gasteiger partial charge on any atom is -0.481 e. The van der Waals surface area contributed by atoms with E-state index in [2.05, 4.69) is 58.7 Å². The van der Waals surface area contributed by atoms with Gasteiger partial charge in [-0.2, -0.15) is 0 Å². The number of carbonyl (C=O) groups is 4. The lowest BCUT2D eigenvalue weighted by molar-refractivity contribution is -0.232.